The molecular formula is C44H62O5. The highest BCUT2D eigenvalue weighted by Gasteiger charge is 2.63. The van der Waals surface area contributed by atoms with E-state index in [0.717, 1.165) is 18.3 Å². The van der Waals surface area contributed by atoms with Crippen molar-refractivity contribution in [1.29, 1.82) is 0 Å². The maximum atomic E-state index is 12.1. The van der Waals surface area contributed by atoms with Gasteiger partial charge in [-0.2, -0.15) is 0 Å². The van der Waals surface area contributed by atoms with Gasteiger partial charge in [-0.25, -0.2) is 0 Å². The van der Waals surface area contributed by atoms with Crippen LogP contribution in [0.3, 0.4) is 0 Å². The zero-order valence-corrected chi connectivity index (χ0v) is 31.7. The number of aliphatic hydroxyl groups excluding tert-OH is 1. The summed E-state index contributed by atoms with van der Waals surface area (Å²) < 4.78 is 4.94. The first kappa shape index (κ1) is 37.2. The number of ether oxygens (including phenoxy) is 1. The minimum absolute atomic E-state index is 0.0465. The van der Waals surface area contributed by atoms with Crippen LogP contribution in [-0.4, -0.2) is 34.3 Å². The summed E-state index contributed by atoms with van der Waals surface area (Å²) in [6, 6.07) is 10.6. The van der Waals surface area contributed by atoms with E-state index in [1.165, 1.54) is 94.7 Å². The number of phenolic OH excluding ortho intramolecular Hbond substituents is 2. The molecule has 0 saturated heterocycles. The Bertz CT molecular complexity index is 1600. The number of methoxy groups -OCH3 is 1. The second-order valence-corrected chi connectivity index (χ2v) is 17.3. The summed E-state index contributed by atoms with van der Waals surface area (Å²) in [4.78, 5) is 12.1. The molecule has 4 aliphatic rings. The van der Waals surface area contributed by atoms with Gasteiger partial charge in [-0.3, -0.25) is 4.79 Å². The van der Waals surface area contributed by atoms with Gasteiger partial charge < -0.3 is 20.1 Å². The van der Waals surface area contributed by atoms with E-state index < -0.39 is 5.78 Å². The molecular weight excluding hydrogens is 608 g/mol. The van der Waals surface area contributed by atoms with Crippen LogP contribution in [0, 0.1) is 39.4 Å². The number of carbonyl (C=O) groups is 1. The van der Waals surface area contributed by atoms with Gasteiger partial charge in [0.2, 0.25) is 0 Å². The summed E-state index contributed by atoms with van der Waals surface area (Å²) in [5.41, 5.74) is 6.68. The molecule has 2 aromatic carbocycles. The molecule has 0 bridgehead atoms. The van der Waals surface area contributed by atoms with Crippen LogP contribution in [0.5, 0.6) is 17.2 Å². The lowest BCUT2D eigenvalue weighted by Crippen LogP contribution is -2.55. The molecule has 0 aromatic heterocycles. The lowest BCUT2D eigenvalue weighted by Gasteiger charge is -2.62. The first-order valence-electron chi connectivity index (χ1n) is 18.8. The molecule has 49 heavy (non-hydrogen) atoms. The van der Waals surface area contributed by atoms with Crippen LogP contribution in [0.1, 0.15) is 136 Å². The Labute approximate surface area is 295 Å². The smallest absolute Gasteiger partial charge is 0.200 e. The van der Waals surface area contributed by atoms with Crippen molar-refractivity contribution in [3.8, 4) is 17.2 Å². The van der Waals surface area contributed by atoms with E-state index in [0.29, 0.717) is 27.9 Å². The first-order chi connectivity index (χ1) is 23.0. The Morgan fingerprint density at radius 2 is 1.59 bits per heavy atom. The van der Waals surface area contributed by atoms with Gasteiger partial charge in [-0.15, -0.1) is 0 Å². The van der Waals surface area contributed by atoms with E-state index in [1.54, 1.807) is 18.2 Å². The summed E-state index contributed by atoms with van der Waals surface area (Å²) in [5.74, 6) is 2.05. The highest BCUT2D eigenvalue weighted by Crippen LogP contribution is 2.72. The third-order valence-corrected chi connectivity index (χ3v) is 14.3. The standard InChI is InChI=1S/C30H50O.C14H12O4/c1-20(2)10-9-11-21(3)22-14-18-30(8)24-12-13-25-27(4,5)26(31)16-17-28(25,6)23(24)15-19-29(22,30)7;1-18-9-6-7-11(13(16)8-9)14(17)10-4-2-3-5-12(10)15/h10,21-22,25-26,31H,9,11-19H2,1-8H3;2-8,15-16H,1H3. The molecule has 0 spiro atoms. The van der Waals surface area contributed by atoms with Gasteiger partial charge in [0.15, 0.2) is 5.78 Å². The highest BCUT2D eigenvalue weighted by molar-refractivity contribution is 6.12. The van der Waals surface area contributed by atoms with Crippen LogP contribution in [0.15, 0.2) is 65.3 Å². The van der Waals surface area contributed by atoms with E-state index in [9.17, 15) is 20.1 Å². The van der Waals surface area contributed by atoms with Gasteiger partial charge in [0.1, 0.15) is 17.2 Å². The lowest BCUT2D eigenvalue weighted by atomic mass is 9.43. The van der Waals surface area contributed by atoms with Gasteiger partial charge in [0.25, 0.3) is 0 Å². The molecule has 7 atom stereocenters. The SMILES string of the molecule is CC(C)=CCCC(C)C1CCC2(C)C3=C(CCC12C)C1(C)CCC(O)C(C)(C)C1CC3.COc1ccc(C(=O)c2ccccc2O)c(O)c1. The largest absolute Gasteiger partial charge is 0.507 e. The molecule has 2 aromatic rings. The summed E-state index contributed by atoms with van der Waals surface area (Å²) >= 11 is 0. The quantitative estimate of drug-likeness (QED) is 0.202. The molecule has 268 valence electrons. The predicted molar refractivity (Wildman–Crippen MR) is 199 cm³/mol. The molecule has 0 amide bonds. The molecule has 0 heterocycles. The van der Waals surface area contributed by atoms with Crippen LogP contribution in [0.25, 0.3) is 0 Å². The minimum atomic E-state index is -0.437. The number of aliphatic hydroxyl groups is 1. The Balaban J connectivity index is 0.000000221. The molecule has 5 heteroatoms. The minimum Gasteiger partial charge on any atom is -0.507 e. The number of carbonyl (C=O) groups excluding carboxylic acids is 1. The predicted octanol–water partition coefficient (Wildman–Crippen LogP) is 10.8. The summed E-state index contributed by atoms with van der Waals surface area (Å²) in [6.07, 6.45) is 15.2. The topological polar surface area (TPSA) is 87.0 Å². The van der Waals surface area contributed by atoms with Crippen molar-refractivity contribution in [3.05, 3.63) is 76.4 Å². The van der Waals surface area contributed by atoms with Crippen molar-refractivity contribution >= 4 is 5.78 Å². The van der Waals surface area contributed by atoms with Crippen molar-refractivity contribution < 1.29 is 24.9 Å². The summed E-state index contributed by atoms with van der Waals surface area (Å²) in [7, 11) is 1.47. The molecule has 5 nitrogen and oxygen atoms in total. The first-order valence-corrected chi connectivity index (χ1v) is 18.8. The number of aromatic hydroxyl groups is 2. The zero-order chi connectivity index (χ0) is 35.9. The maximum absolute atomic E-state index is 12.1. The molecule has 7 unspecified atom stereocenters. The second-order valence-electron chi connectivity index (χ2n) is 17.3. The van der Waals surface area contributed by atoms with Gasteiger partial charge in [-0.1, -0.05) is 76.5 Å². The normalized spacial score (nSPS) is 32.1. The maximum Gasteiger partial charge on any atom is 0.200 e. The van der Waals surface area contributed by atoms with E-state index >= 15 is 0 Å². The zero-order valence-electron chi connectivity index (χ0n) is 31.7. The average Bonchev–Trinajstić information content (AvgIpc) is 3.34. The van der Waals surface area contributed by atoms with Crippen molar-refractivity contribution in [2.24, 2.45) is 39.4 Å². The van der Waals surface area contributed by atoms with Crippen LogP contribution < -0.4 is 4.74 Å². The lowest BCUT2D eigenvalue weighted by molar-refractivity contribution is -0.0962. The van der Waals surface area contributed by atoms with E-state index in [-0.39, 0.29) is 34.1 Å². The van der Waals surface area contributed by atoms with Crippen LogP contribution in [0.2, 0.25) is 0 Å². The van der Waals surface area contributed by atoms with E-state index in [4.69, 9.17) is 4.74 Å². The van der Waals surface area contributed by atoms with Gasteiger partial charge in [0, 0.05) is 6.07 Å². The summed E-state index contributed by atoms with van der Waals surface area (Å²) in [5, 5.41) is 30.2. The van der Waals surface area contributed by atoms with Gasteiger partial charge >= 0.3 is 0 Å². The monoisotopic (exact) mass is 670 g/mol. The Hall–Kier alpha value is -3.05. The summed E-state index contributed by atoms with van der Waals surface area (Å²) in [6.45, 7) is 19.6. The van der Waals surface area contributed by atoms with Gasteiger partial charge in [0.05, 0.1) is 24.3 Å². The fourth-order valence-corrected chi connectivity index (χ4v) is 11.1. The molecule has 2 saturated carbocycles. The molecule has 3 N–H and O–H groups in total. The number of allylic oxidation sites excluding steroid dienone is 4. The Kier molecular flexibility index (Phi) is 10.6. The third-order valence-electron chi connectivity index (χ3n) is 14.3. The number of fused-ring (bicyclic) bond motifs is 4. The number of rotatable bonds is 7. The molecule has 4 aliphatic carbocycles. The number of phenols is 2. The van der Waals surface area contributed by atoms with Gasteiger partial charge in [-0.05, 0) is 142 Å². The van der Waals surface area contributed by atoms with Crippen LogP contribution in [-0.2, 0) is 0 Å². The number of hydrogen-bond donors (Lipinski definition) is 3. The van der Waals surface area contributed by atoms with Crippen molar-refractivity contribution in [2.75, 3.05) is 7.11 Å². The fourth-order valence-electron chi connectivity index (χ4n) is 11.1. The molecule has 0 radical (unpaired) electrons. The number of hydrogen-bond acceptors (Lipinski definition) is 5. The third kappa shape index (κ3) is 6.50. The van der Waals surface area contributed by atoms with Crippen LogP contribution in [0.4, 0.5) is 0 Å². The van der Waals surface area contributed by atoms with E-state index in [2.05, 4.69) is 61.5 Å². The number of para-hydroxylation sites is 1. The number of ketones is 1. The molecule has 0 aliphatic heterocycles. The molecule has 2 fully saturated rings. The van der Waals surface area contributed by atoms with Crippen molar-refractivity contribution in [2.45, 2.75) is 126 Å². The molecule has 6 rings (SSSR count). The van der Waals surface area contributed by atoms with E-state index in [1.807, 2.05) is 11.1 Å². The van der Waals surface area contributed by atoms with Crippen molar-refractivity contribution in [3.63, 3.8) is 0 Å². The Morgan fingerprint density at radius 1 is 0.898 bits per heavy atom. The average molecular weight is 671 g/mol. The Morgan fingerprint density at radius 3 is 2.24 bits per heavy atom. The second kappa shape index (κ2) is 13.9. The van der Waals surface area contributed by atoms with Crippen molar-refractivity contribution in [1.82, 2.24) is 0 Å². The fraction of sp³-hybridized carbons (Fsp3) is 0.614. The van der Waals surface area contributed by atoms with Crippen LogP contribution >= 0.6 is 0 Å². The number of benzene rings is 2. The highest BCUT2D eigenvalue weighted by atomic mass is 16.5.